The Morgan fingerprint density at radius 2 is 1.64 bits per heavy atom. The first-order valence-electron chi connectivity index (χ1n) is 15.2. The molecule has 7 rings (SSSR count). The Labute approximate surface area is 252 Å². The van der Waals surface area contributed by atoms with E-state index in [4.69, 9.17) is 26.1 Å². The average molecular weight is 582 g/mol. The fraction of sp³-hybridized carbons (Fsp3) is 0.371. The first-order valence-corrected chi connectivity index (χ1v) is 15.6. The van der Waals surface area contributed by atoms with Crippen molar-refractivity contribution < 1.29 is 14.3 Å². The molecule has 0 aliphatic carbocycles. The molecule has 0 bridgehead atoms. The van der Waals surface area contributed by atoms with Gasteiger partial charge in [-0.15, -0.1) is 0 Å². The zero-order valence-corrected chi connectivity index (χ0v) is 24.6. The number of hydrogen-bond acceptors (Lipinski definition) is 5. The number of carbonyl (C=O) groups is 1. The van der Waals surface area contributed by atoms with Crippen molar-refractivity contribution in [1.29, 1.82) is 0 Å². The summed E-state index contributed by atoms with van der Waals surface area (Å²) in [4.78, 5) is 24.1. The number of fused-ring (bicyclic) bond motifs is 2. The lowest BCUT2D eigenvalue weighted by Gasteiger charge is -2.29. The molecule has 4 aromatic rings. The minimum absolute atomic E-state index is 0.130. The molecule has 7 heteroatoms. The van der Waals surface area contributed by atoms with E-state index in [1.54, 1.807) is 0 Å². The number of carbonyl (C=O) groups excluding carboxylic acids is 1. The number of aromatic nitrogens is 1. The smallest absolute Gasteiger partial charge is 0.254 e. The molecule has 1 atom stereocenters. The van der Waals surface area contributed by atoms with E-state index in [2.05, 4.69) is 46.2 Å². The normalized spacial score (nSPS) is 18.3. The van der Waals surface area contributed by atoms with E-state index in [1.165, 1.54) is 18.4 Å². The van der Waals surface area contributed by atoms with Crippen LogP contribution in [-0.2, 0) is 12.8 Å². The third-order valence-electron chi connectivity index (χ3n) is 8.92. The molecule has 2 fully saturated rings. The maximum atomic E-state index is 14.4. The summed E-state index contributed by atoms with van der Waals surface area (Å²) < 4.78 is 11.1. The predicted octanol–water partition coefficient (Wildman–Crippen LogP) is 7.16. The van der Waals surface area contributed by atoms with Gasteiger partial charge >= 0.3 is 0 Å². The summed E-state index contributed by atoms with van der Waals surface area (Å²) in [6, 6.07) is 22.6. The number of rotatable bonds is 8. The molecule has 1 aromatic heterocycles. The van der Waals surface area contributed by atoms with E-state index in [1.807, 2.05) is 30.3 Å². The van der Waals surface area contributed by atoms with Gasteiger partial charge < -0.3 is 19.3 Å². The Bertz CT molecular complexity index is 1600. The van der Waals surface area contributed by atoms with Gasteiger partial charge in [0.05, 0.1) is 11.1 Å². The van der Waals surface area contributed by atoms with E-state index >= 15 is 0 Å². The molecule has 3 aliphatic heterocycles. The molecular weight excluding hydrogens is 546 g/mol. The van der Waals surface area contributed by atoms with E-state index in [-0.39, 0.29) is 18.7 Å². The number of amides is 1. The van der Waals surface area contributed by atoms with Crippen LogP contribution in [0.15, 0.2) is 66.7 Å². The van der Waals surface area contributed by atoms with Crippen molar-refractivity contribution in [1.82, 2.24) is 14.8 Å². The van der Waals surface area contributed by atoms with Gasteiger partial charge in [0.2, 0.25) is 6.79 Å². The predicted molar refractivity (Wildman–Crippen MR) is 167 cm³/mol. The van der Waals surface area contributed by atoms with Gasteiger partial charge in [-0.05, 0) is 117 Å². The van der Waals surface area contributed by atoms with Gasteiger partial charge in [-0.1, -0.05) is 35.9 Å². The van der Waals surface area contributed by atoms with Gasteiger partial charge in [-0.2, -0.15) is 0 Å². The Balaban J connectivity index is 1.21. The van der Waals surface area contributed by atoms with Crippen molar-refractivity contribution in [3.63, 3.8) is 0 Å². The fourth-order valence-corrected chi connectivity index (χ4v) is 6.80. The van der Waals surface area contributed by atoms with Crippen LogP contribution >= 0.6 is 11.6 Å². The molecule has 0 spiro atoms. The molecular formula is C35H36ClN3O3. The van der Waals surface area contributed by atoms with Crippen molar-refractivity contribution in [2.24, 2.45) is 0 Å². The van der Waals surface area contributed by atoms with Crippen molar-refractivity contribution in [3.8, 4) is 22.6 Å². The summed E-state index contributed by atoms with van der Waals surface area (Å²) in [5.41, 5.74) is 5.90. The number of aryl methyl sites for hydroxylation is 2. The van der Waals surface area contributed by atoms with Gasteiger partial charge in [0, 0.05) is 35.2 Å². The summed E-state index contributed by atoms with van der Waals surface area (Å²) >= 11 is 6.07. The summed E-state index contributed by atoms with van der Waals surface area (Å²) in [5.74, 6) is 1.64. The van der Waals surface area contributed by atoms with Crippen LogP contribution in [-0.4, -0.2) is 59.7 Å². The highest BCUT2D eigenvalue weighted by Gasteiger charge is 2.32. The first kappa shape index (κ1) is 27.2. The topological polar surface area (TPSA) is 54.9 Å². The Morgan fingerprint density at radius 1 is 0.857 bits per heavy atom. The largest absolute Gasteiger partial charge is 0.454 e. The molecule has 216 valence electrons. The monoisotopic (exact) mass is 581 g/mol. The van der Waals surface area contributed by atoms with Gasteiger partial charge in [0.25, 0.3) is 5.91 Å². The van der Waals surface area contributed by atoms with Gasteiger partial charge in [0.15, 0.2) is 11.5 Å². The van der Waals surface area contributed by atoms with E-state index in [0.29, 0.717) is 0 Å². The van der Waals surface area contributed by atoms with Crippen molar-refractivity contribution in [2.45, 2.75) is 51.0 Å². The Kier molecular flexibility index (Phi) is 7.74. The van der Waals surface area contributed by atoms with Crippen LogP contribution in [0.25, 0.3) is 22.0 Å². The van der Waals surface area contributed by atoms with Crippen molar-refractivity contribution in [2.75, 3.05) is 33.0 Å². The standard InChI is InChI=1S/C35H36ClN3O3/c36-27-12-8-24(9-13-27)5-3-6-28-21-31(35(40)39-18-4-7-29(39)22-38-16-1-2-17-38)30-19-25(10-14-32(30)37-28)26-11-15-33-34(20-26)42-23-41-33/h8-15,19-21,29H,1-7,16-18,22-23H2/t29-/m0/s1. The lowest BCUT2D eigenvalue weighted by atomic mass is 9.98. The van der Waals surface area contributed by atoms with Gasteiger partial charge in [0.1, 0.15) is 0 Å². The van der Waals surface area contributed by atoms with E-state index in [0.717, 1.165) is 108 Å². The molecule has 1 amide bonds. The summed E-state index contributed by atoms with van der Waals surface area (Å²) in [6.45, 7) is 4.33. The molecule has 42 heavy (non-hydrogen) atoms. The SMILES string of the molecule is O=C(c1cc(CCCc2ccc(Cl)cc2)nc2ccc(-c3ccc4c(c3)OCO4)cc12)N1CCC[C@H]1CN1CCCC1. The zero-order chi connectivity index (χ0) is 28.5. The Morgan fingerprint density at radius 3 is 2.50 bits per heavy atom. The summed E-state index contributed by atoms with van der Waals surface area (Å²) in [5, 5.41) is 1.66. The van der Waals surface area contributed by atoms with Gasteiger partial charge in [-0.3, -0.25) is 9.78 Å². The third kappa shape index (κ3) is 5.70. The lowest BCUT2D eigenvalue weighted by molar-refractivity contribution is 0.0710. The minimum Gasteiger partial charge on any atom is -0.454 e. The number of hydrogen-bond donors (Lipinski definition) is 0. The Hall–Kier alpha value is -3.61. The maximum Gasteiger partial charge on any atom is 0.254 e. The third-order valence-corrected chi connectivity index (χ3v) is 9.17. The lowest BCUT2D eigenvalue weighted by Crippen LogP contribution is -2.42. The molecule has 0 N–H and O–H groups in total. The number of likely N-dealkylation sites (tertiary alicyclic amines) is 2. The number of ether oxygens (including phenoxy) is 2. The number of halogens is 1. The number of pyridine rings is 1. The van der Waals surface area contributed by atoms with Crippen LogP contribution < -0.4 is 9.47 Å². The van der Waals surface area contributed by atoms with Crippen LogP contribution in [0, 0.1) is 0 Å². The minimum atomic E-state index is 0.130. The van der Waals surface area contributed by atoms with Crippen LogP contribution in [0.5, 0.6) is 11.5 Å². The summed E-state index contributed by atoms with van der Waals surface area (Å²) in [6.07, 6.45) is 7.35. The second-order valence-corrected chi connectivity index (χ2v) is 12.2. The summed E-state index contributed by atoms with van der Waals surface area (Å²) in [7, 11) is 0. The van der Waals surface area contributed by atoms with Gasteiger partial charge in [-0.25, -0.2) is 0 Å². The molecule has 0 unspecified atom stereocenters. The maximum absolute atomic E-state index is 14.4. The van der Waals surface area contributed by atoms with Crippen molar-refractivity contribution >= 4 is 28.4 Å². The van der Waals surface area contributed by atoms with Crippen LogP contribution in [0.2, 0.25) is 5.02 Å². The molecule has 3 aliphatic rings. The highest BCUT2D eigenvalue weighted by Crippen LogP contribution is 2.37. The molecule has 6 nitrogen and oxygen atoms in total. The fourth-order valence-electron chi connectivity index (χ4n) is 6.68. The highest BCUT2D eigenvalue weighted by atomic mass is 35.5. The first-order chi connectivity index (χ1) is 20.6. The average Bonchev–Trinajstić information content (AvgIpc) is 3.80. The number of benzene rings is 3. The van der Waals surface area contributed by atoms with Crippen LogP contribution in [0.4, 0.5) is 0 Å². The van der Waals surface area contributed by atoms with E-state index in [9.17, 15) is 4.79 Å². The van der Waals surface area contributed by atoms with E-state index < -0.39 is 0 Å². The van der Waals surface area contributed by atoms with Crippen LogP contribution in [0.1, 0.15) is 53.7 Å². The second-order valence-electron chi connectivity index (χ2n) is 11.7. The highest BCUT2D eigenvalue weighted by molar-refractivity contribution is 6.30. The molecule has 0 saturated carbocycles. The van der Waals surface area contributed by atoms with Crippen molar-refractivity contribution in [3.05, 3.63) is 88.6 Å². The number of nitrogens with zero attached hydrogens (tertiary/aromatic N) is 3. The molecule has 0 radical (unpaired) electrons. The molecule has 3 aromatic carbocycles. The second kappa shape index (κ2) is 11.9. The quantitative estimate of drug-likeness (QED) is 0.221. The molecule has 4 heterocycles. The van der Waals surface area contributed by atoms with Crippen LogP contribution in [0.3, 0.4) is 0 Å². The molecule has 2 saturated heterocycles. The zero-order valence-electron chi connectivity index (χ0n) is 23.9.